The largest absolute Gasteiger partial charge is 0.396 e. The van der Waals surface area contributed by atoms with Crippen molar-refractivity contribution in [1.29, 1.82) is 0 Å². The van der Waals surface area contributed by atoms with Gasteiger partial charge in [0.15, 0.2) is 0 Å². The van der Waals surface area contributed by atoms with Crippen LogP contribution in [0.5, 0.6) is 0 Å². The summed E-state index contributed by atoms with van der Waals surface area (Å²) in [5.41, 5.74) is 0.480. The standard InChI is InChI=1S/C11H16N2O2S/c1-8(4-6-14)7-13-10(15)9-3-2-5-12-11(9)16/h2-3,5,8,14H,4,6-7H2,1H3,(H,12,16)(H,13,15). The van der Waals surface area contributed by atoms with E-state index in [9.17, 15) is 4.79 Å². The highest BCUT2D eigenvalue weighted by atomic mass is 32.1. The molecule has 1 aromatic rings. The van der Waals surface area contributed by atoms with E-state index in [1.165, 1.54) is 0 Å². The van der Waals surface area contributed by atoms with E-state index in [0.717, 1.165) is 0 Å². The van der Waals surface area contributed by atoms with Crippen molar-refractivity contribution >= 4 is 18.1 Å². The molecule has 0 aliphatic carbocycles. The molecule has 5 heteroatoms. The average molecular weight is 240 g/mol. The van der Waals surface area contributed by atoms with Crippen molar-refractivity contribution < 1.29 is 9.90 Å². The molecule has 1 heterocycles. The Kier molecular flexibility index (Phi) is 5.14. The van der Waals surface area contributed by atoms with Crippen LogP contribution in [0, 0.1) is 10.6 Å². The maximum Gasteiger partial charge on any atom is 0.254 e. The van der Waals surface area contributed by atoms with E-state index in [-0.39, 0.29) is 18.4 Å². The zero-order valence-electron chi connectivity index (χ0n) is 9.19. The van der Waals surface area contributed by atoms with Crippen molar-refractivity contribution in [3.8, 4) is 0 Å². The molecule has 0 spiro atoms. The number of pyridine rings is 1. The minimum atomic E-state index is -0.174. The fourth-order valence-electron chi connectivity index (χ4n) is 1.28. The minimum Gasteiger partial charge on any atom is -0.396 e. The van der Waals surface area contributed by atoms with Crippen molar-refractivity contribution in [3.63, 3.8) is 0 Å². The van der Waals surface area contributed by atoms with Gasteiger partial charge in [0.25, 0.3) is 5.91 Å². The molecule has 1 rings (SSSR count). The fourth-order valence-corrected chi connectivity index (χ4v) is 1.51. The van der Waals surface area contributed by atoms with Crippen LogP contribution in [-0.4, -0.2) is 29.1 Å². The topological polar surface area (TPSA) is 65.1 Å². The van der Waals surface area contributed by atoms with Crippen molar-refractivity contribution in [2.75, 3.05) is 13.2 Å². The molecule has 0 fully saturated rings. The molecule has 0 aliphatic heterocycles. The molecule has 1 amide bonds. The highest BCUT2D eigenvalue weighted by Gasteiger charge is 2.08. The number of aromatic nitrogens is 1. The summed E-state index contributed by atoms with van der Waals surface area (Å²) in [4.78, 5) is 14.5. The zero-order valence-corrected chi connectivity index (χ0v) is 10.0. The van der Waals surface area contributed by atoms with Gasteiger partial charge in [0, 0.05) is 19.3 Å². The normalized spacial score (nSPS) is 12.1. The molecule has 1 unspecified atom stereocenters. The van der Waals surface area contributed by atoms with Gasteiger partial charge in [0.1, 0.15) is 4.64 Å². The van der Waals surface area contributed by atoms with Gasteiger partial charge >= 0.3 is 0 Å². The van der Waals surface area contributed by atoms with Crippen LogP contribution >= 0.6 is 12.2 Å². The Hall–Kier alpha value is -1.20. The van der Waals surface area contributed by atoms with Crippen LogP contribution in [0.2, 0.25) is 0 Å². The highest BCUT2D eigenvalue weighted by molar-refractivity contribution is 7.71. The SMILES string of the molecule is CC(CCO)CNC(=O)c1ccc[nH]c1=S. The lowest BCUT2D eigenvalue weighted by molar-refractivity contribution is 0.0944. The van der Waals surface area contributed by atoms with Crippen LogP contribution in [-0.2, 0) is 0 Å². The van der Waals surface area contributed by atoms with Gasteiger partial charge in [0.2, 0.25) is 0 Å². The number of carbonyl (C=O) groups is 1. The Bertz CT molecular complexity index is 403. The van der Waals surface area contributed by atoms with Gasteiger partial charge in [-0.05, 0) is 24.5 Å². The smallest absolute Gasteiger partial charge is 0.254 e. The van der Waals surface area contributed by atoms with E-state index in [0.29, 0.717) is 23.2 Å². The predicted molar refractivity (Wildman–Crippen MR) is 64.8 cm³/mol. The Labute approximate surface area is 99.7 Å². The molecule has 0 aliphatic rings. The van der Waals surface area contributed by atoms with Crippen LogP contribution in [0.1, 0.15) is 23.7 Å². The molecule has 0 radical (unpaired) electrons. The third-order valence-electron chi connectivity index (χ3n) is 2.30. The van der Waals surface area contributed by atoms with Gasteiger partial charge in [0.05, 0.1) is 5.56 Å². The highest BCUT2D eigenvalue weighted by Crippen LogP contribution is 2.02. The van der Waals surface area contributed by atoms with E-state index in [2.05, 4.69) is 10.3 Å². The molecule has 0 saturated heterocycles. The number of rotatable bonds is 5. The maximum absolute atomic E-state index is 11.7. The second-order valence-electron chi connectivity index (χ2n) is 3.74. The summed E-state index contributed by atoms with van der Waals surface area (Å²) < 4.78 is 0.440. The van der Waals surface area contributed by atoms with Crippen molar-refractivity contribution in [2.45, 2.75) is 13.3 Å². The lowest BCUT2D eigenvalue weighted by Crippen LogP contribution is -2.28. The van der Waals surface area contributed by atoms with Crippen LogP contribution in [0.4, 0.5) is 0 Å². The van der Waals surface area contributed by atoms with Crippen molar-refractivity contribution in [1.82, 2.24) is 10.3 Å². The van der Waals surface area contributed by atoms with E-state index < -0.39 is 0 Å². The van der Waals surface area contributed by atoms with Crippen molar-refractivity contribution in [2.24, 2.45) is 5.92 Å². The molecular weight excluding hydrogens is 224 g/mol. The number of aromatic amines is 1. The third-order valence-corrected chi connectivity index (χ3v) is 2.63. The Morgan fingerprint density at radius 1 is 1.69 bits per heavy atom. The van der Waals surface area contributed by atoms with Gasteiger partial charge in [-0.2, -0.15) is 0 Å². The molecule has 3 N–H and O–H groups in total. The number of hydrogen-bond acceptors (Lipinski definition) is 3. The van der Waals surface area contributed by atoms with Crippen LogP contribution in [0.15, 0.2) is 18.3 Å². The lowest BCUT2D eigenvalue weighted by Gasteiger charge is -2.10. The van der Waals surface area contributed by atoms with Crippen LogP contribution < -0.4 is 5.32 Å². The Morgan fingerprint density at radius 2 is 2.44 bits per heavy atom. The maximum atomic E-state index is 11.7. The van der Waals surface area contributed by atoms with Crippen molar-refractivity contribution in [3.05, 3.63) is 28.5 Å². The van der Waals surface area contributed by atoms with Gasteiger partial charge < -0.3 is 15.4 Å². The zero-order chi connectivity index (χ0) is 12.0. The summed E-state index contributed by atoms with van der Waals surface area (Å²) in [6, 6.07) is 3.42. The monoisotopic (exact) mass is 240 g/mol. The molecule has 88 valence electrons. The van der Waals surface area contributed by atoms with Crippen LogP contribution in [0.3, 0.4) is 0 Å². The fraction of sp³-hybridized carbons (Fsp3) is 0.455. The number of nitrogens with one attached hydrogen (secondary N) is 2. The quantitative estimate of drug-likeness (QED) is 0.683. The number of carbonyl (C=O) groups excluding carboxylic acids is 1. The Morgan fingerprint density at radius 3 is 3.06 bits per heavy atom. The molecule has 1 atom stereocenters. The second-order valence-corrected chi connectivity index (χ2v) is 4.15. The van der Waals surface area contributed by atoms with E-state index in [4.69, 9.17) is 17.3 Å². The lowest BCUT2D eigenvalue weighted by atomic mass is 10.1. The molecule has 0 saturated carbocycles. The van der Waals surface area contributed by atoms with E-state index in [1.807, 2.05) is 6.92 Å². The molecule has 0 bridgehead atoms. The molecule has 0 aromatic carbocycles. The number of aliphatic hydroxyl groups excluding tert-OH is 1. The molecular formula is C11H16N2O2S. The van der Waals surface area contributed by atoms with Gasteiger partial charge in [-0.15, -0.1) is 0 Å². The molecule has 4 nitrogen and oxygen atoms in total. The summed E-state index contributed by atoms with van der Waals surface area (Å²) >= 11 is 5.00. The number of H-pyrrole nitrogens is 1. The minimum absolute atomic E-state index is 0.141. The average Bonchev–Trinajstić information content (AvgIpc) is 2.27. The van der Waals surface area contributed by atoms with Gasteiger partial charge in [-0.1, -0.05) is 19.1 Å². The van der Waals surface area contributed by atoms with Gasteiger partial charge in [-0.25, -0.2) is 0 Å². The summed E-state index contributed by atoms with van der Waals surface area (Å²) in [6.07, 6.45) is 2.37. The first-order valence-corrected chi connectivity index (χ1v) is 5.62. The summed E-state index contributed by atoms with van der Waals surface area (Å²) in [7, 11) is 0. The number of hydrogen-bond donors (Lipinski definition) is 3. The first kappa shape index (κ1) is 12.9. The van der Waals surface area contributed by atoms with E-state index >= 15 is 0 Å². The van der Waals surface area contributed by atoms with E-state index in [1.54, 1.807) is 18.3 Å². The first-order chi connectivity index (χ1) is 7.65. The molecule has 1 aromatic heterocycles. The predicted octanol–water partition coefficient (Wildman–Crippen LogP) is 1.49. The summed E-state index contributed by atoms with van der Waals surface area (Å²) in [5, 5.41) is 11.5. The number of aliphatic hydroxyl groups is 1. The first-order valence-electron chi connectivity index (χ1n) is 5.22. The summed E-state index contributed by atoms with van der Waals surface area (Å²) in [5.74, 6) is 0.0850. The second kappa shape index (κ2) is 6.40. The third kappa shape index (κ3) is 3.75. The molecule has 16 heavy (non-hydrogen) atoms. The number of amides is 1. The summed E-state index contributed by atoms with van der Waals surface area (Å²) in [6.45, 7) is 2.66. The van der Waals surface area contributed by atoms with Gasteiger partial charge in [-0.3, -0.25) is 4.79 Å². The van der Waals surface area contributed by atoms with Crippen LogP contribution in [0.25, 0.3) is 0 Å². The Balaban J connectivity index is 2.54.